The lowest BCUT2D eigenvalue weighted by Crippen LogP contribution is -2.33. The Morgan fingerprint density at radius 1 is 1.00 bits per heavy atom. The van der Waals surface area contributed by atoms with Gasteiger partial charge < -0.3 is 20.9 Å². The molecule has 1 saturated heterocycles. The molecule has 0 spiro atoms. The summed E-state index contributed by atoms with van der Waals surface area (Å²) < 4.78 is 0. The highest BCUT2D eigenvalue weighted by molar-refractivity contribution is 5.97. The Morgan fingerprint density at radius 2 is 1.74 bits per heavy atom. The molecule has 1 unspecified atom stereocenters. The highest BCUT2D eigenvalue weighted by atomic mass is 16.2. The summed E-state index contributed by atoms with van der Waals surface area (Å²) in [5, 5.41) is 11.5. The number of amides is 3. The van der Waals surface area contributed by atoms with E-state index < -0.39 is 0 Å². The minimum absolute atomic E-state index is 0.0105. The van der Waals surface area contributed by atoms with E-state index in [-0.39, 0.29) is 30.3 Å². The molecule has 0 bridgehead atoms. The van der Waals surface area contributed by atoms with E-state index in [0.717, 1.165) is 27.5 Å². The maximum atomic E-state index is 13.3. The second kappa shape index (κ2) is 12.9. The van der Waals surface area contributed by atoms with E-state index in [1.807, 2.05) is 62.4 Å². The van der Waals surface area contributed by atoms with E-state index in [4.69, 9.17) is 0 Å². The van der Waals surface area contributed by atoms with Crippen LogP contribution in [0.15, 0.2) is 90.2 Å². The molecule has 1 aliphatic heterocycles. The van der Waals surface area contributed by atoms with Crippen LogP contribution in [0.2, 0.25) is 0 Å². The van der Waals surface area contributed by atoms with Gasteiger partial charge >= 0.3 is 0 Å². The van der Waals surface area contributed by atoms with Gasteiger partial charge in [0.2, 0.25) is 5.91 Å². The summed E-state index contributed by atoms with van der Waals surface area (Å²) in [7, 11) is 1.77. The van der Waals surface area contributed by atoms with Gasteiger partial charge in [-0.1, -0.05) is 79.7 Å². The van der Waals surface area contributed by atoms with Crippen LogP contribution in [-0.4, -0.2) is 42.8 Å². The van der Waals surface area contributed by atoms with Crippen LogP contribution in [0.5, 0.6) is 0 Å². The predicted octanol–water partition coefficient (Wildman–Crippen LogP) is 4.62. The number of nitrogens with one attached hydrogen (secondary N) is 3. The number of benzene rings is 3. The molecule has 1 atom stereocenters. The molecule has 3 aromatic carbocycles. The second-order valence-electron chi connectivity index (χ2n) is 9.72. The van der Waals surface area contributed by atoms with Crippen molar-refractivity contribution in [3.05, 3.63) is 107 Å². The number of hydrogen-bond acceptors (Lipinski definition) is 4. The first-order chi connectivity index (χ1) is 18.9. The van der Waals surface area contributed by atoms with Gasteiger partial charge in [-0.3, -0.25) is 14.4 Å². The third kappa shape index (κ3) is 6.74. The number of carbonyl (C=O) groups excluding carboxylic acids is 3. The third-order valence-electron chi connectivity index (χ3n) is 6.97. The Kier molecular flexibility index (Phi) is 9.15. The van der Waals surface area contributed by atoms with Gasteiger partial charge in [-0.2, -0.15) is 0 Å². The number of hydrogen-bond donors (Lipinski definition) is 3. The van der Waals surface area contributed by atoms with Crippen molar-refractivity contribution >= 4 is 28.5 Å². The van der Waals surface area contributed by atoms with E-state index in [0.29, 0.717) is 37.2 Å². The average Bonchev–Trinajstić information content (AvgIpc) is 3.27. The lowest BCUT2D eigenvalue weighted by atomic mass is 9.99. The molecular weight excluding hydrogens is 488 g/mol. The number of nitrogens with zero attached hydrogens (tertiary/aromatic N) is 1. The molecule has 3 N–H and O–H groups in total. The fraction of sp³-hybridized carbons (Fsp3) is 0.281. The summed E-state index contributed by atoms with van der Waals surface area (Å²) in [6.07, 6.45) is 4.97. The van der Waals surface area contributed by atoms with Crippen LogP contribution in [0, 0.1) is 0 Å². The van der Waals surface area contributed by atoms with Crippen molar-refractivity contribution in [3.63, 3.8) is 0 Å². The van der Waals surface area contributed by atoms with Gasteiger partial charge in [0.25, 0.3) is 11.8 Å². The highest BCUT2D eigenvalue weighted by Crippen LogP contribution is 2.24. The normalized spacial score (nSPS) is 15.5. The van der Waals surface area contributed by atoms with E-state index in [9.17, 15) is 14.4 Å². The maximum Gasteiger partial charge on any atom is 0.267 e. The van der Waals surface area contributed by atoms with Gasteiger partial charge in [0.1, 0.15) is 0 Å². The van der Waals surface area contributed by atoms with Gasteiger partial charge in [0, 0.05) is 37.8 Å². The predicted molar refractivity (Wildman–Crippen MR) is 155 cm³/mol. The Labute approximate surface area is 230 Å². The van der Waals surface area contributed by atoms with Crippen molar-refractivity contribution in [1.29, 1.82) is 0 Å². The quantitative estimate of drug-likeness (QED) is 0.338. The van der Waals surface area contributed by atoms with E-state index in [1.54, 1.807) is 24.1 Å². The molecule has 4 rings (SSSR count). The first-order valence-corrected chi connectivity index (χ1v) is 13.4. The first kappa shape index (κ1) is 27.6. The SMILES string of the molecule is CC/C=C(/NCc1ccccc1C(=O)NC(C)c1cccc2ccccc12)C(=O)NC/C=C1\CCN(C)C1=O. The third-order valence-corrected chi connectivity index (χ3v) is 6.97. The fourth-order valence-corrected chi connectivity index (χ4v) is 4.81. The molecule has 1 aliphatic rings. The summed E-state index contributed by atoms with van der Waals surface area (Å²) in [6.45, 7) is 5.24. The van der Waals surface area contributed by atoms with Crippen molar-refractivity contribution in [3.8, 4) is 0 Å². The molecule has 7 heteroatoms. The molecule has 39 heavy (non-hydrogen) atoms. The standard InChI is InChI=1S/C32H36N4O3/c1-4-10-29(31(38)33-19-17-24-18-20-36(3)32(24)39)34-21-25-12-6-8-15-28(25)30(37)35-22(2)26-16-9-13-23-11-5-7-14-27(23)26/h5-17,22,34H,4,18-21H2,1-3H3,(H,33,38)(H,35,37)/b24-17+,29-10+. The number of allylic oxidation sites excluding steroid dienone is 1. The van der Waals surface area contributed by atoms with Gasteiger partial charge in [-0.15, -0.1) is 0 Å². The smallest absolute Gasteiger partial charge is 0.267 e. The molecule has 3 amide bonds. The Bertz CT molecular complexity index is 1420. The Hall–Kier alpha value is -4.39. The van der Waals surface area contributed by atoms with Crippen LogP contribution in [0.4, 0.5) is 0 Å². The summed E-state index contributed by atoms with van der Waals surface area (Å²) >= 11 is 0. The van der Waals surface area contributed by atoms with E-state index in [2.05, 4.69) is 34.1 Å². The molecule has 0 aromatic heterocycles. The summed E-state index contributed by atoms with van der Waals surface area (Å²) in [5.41, 5.74) is 3.57. The monoisotopic (exact) mass is 524 g/mol. The largest absolute Gasteiger partial charge is 0.377 e. The fourth-order valence-electron chi connectivity index (χ4n) is 4.81. The topological polar surface area (TPSA) is 90.5 Å². The molecular formula is C32H36N4O3. The lowest BCUT2D eigenvalue weighted by Gasteiger charge is -2.18. The second-order valence-corrected chi connectivity index (χ2v) is 9.72. The van der Waals surface area contributed by atoms with Crippen molar-refractivity contribution in [2.75, 3.05) is 20.1 Å². The van der Waals surface area contributed by atoms with Crippen molar-refractivity contribution < 1.29 is 14.4 Å². The molecule has 202 valence electrons. The molecule has 7 nitrogen and oxygen atoms in total. The zero-order valence-electron chi connectivity index (χ0n) is 22.8. The number of carbonyl (C=O) groups is 3. The zero-order valence-corrected chi connectivity index (χ0v) is 22.8. The van der Waals surface area contributed by atoms with Crippen LogP contribution >= 0.6 is 0 Å². The number of likely N-dealkylation sites (tertiary alicyclic amines) is 1. The average molecular weight is 525 g/mol. The van der Waals surface area contributed by atoms with Crippen LogP contribution in [0.25, 0.3) is 10.8 Å². The number of likely N-dealkylation sites (N-methyl/N-ethyl adjacent to an activating group) is 1. The van der Waals surface area contributed by atoms with Gasteiger partial charge in [-0.25, -0.2) is 0 Å². The van der Waals surface area contributed by atoms with Crippen molar-refractivity contribution in [1.82, 2.24) is 20.9 Å². The highest BCUT2D eigenvalue weighted by Gasteiger charge is 2.22. The van der Waals surface area contributed by atoms with Crippen LogP contribution in [0.1, 0.15) is 54.2 Å². The molecule has 0 aliphatic carbocycles. The Morgan fingerprint density at radius 3 is 2.51 bits per heavy atom. The number of rotatable bonds is 10. The van der Waals surface area contributed by atoms with Crippen molar-refractivity contribution in [2.45, 2.75) is 39.3 Å². The lowest BCUT2D eigenvalue weighted by molar-refractivity contribution is -0.123. The maximum absolute atomic E-state index is 13.3. The molecule has 0 saturated carbocycles. The zero-order chi connectivity index (χ0) is 27.8. The first-order valence-electron chi connectivity index (χ1n) is 13.4. The summed E-state index contributed by atoms with van der Waals surface area (Å²) in [6, 6.07) is 21.5. The Balaban J connectivity index is 1.40. The molecule has 1 heterocycles. The van der Waals surface area contributed by atoms with Gasteiger partial charge in [-0.05, 0) is 47.7 Å². The summed E-state index contributed by atoms with van der Waals surface area (Å²) in [4.78, 5) is 39.9. The van der Waals surface area contributed by atoms with Gasteiger partial charge in [0.05, 0.1) is 11.7 Å². The molecule has 1 fully saturated rings. The van der Waals surface area contributed by atoms with Gasteiger partial charge in [0.15, 0.2) is 0 Å². The number of fused-ring (bicyclic) bond motifs is 1. The van der Waals surface area contributed by atoms with Crippen molar-refractivity contribution in [2.24, 2.45) is 0 Å². The van der Waals surface area contributed by atoms with Crippen LogP contribution in [0.3, 0.4) is 0 Å². The van der Waals surface area contributed by atoms with Crippen LogP contribution in [-0.2, 0) is 16.1 Å². The van der Waals surface area contributed by atoms with E-state index in [1.165, 1.54) is 0 Å². The molecule has 3 aromatic rings. The molecule has 0 radical (unpaired) electrons. The van der Waals surface area contributed by atoms with E-state index >= 15 is 0 Å². The minimum atomic E-state index is -0.251. The minimum Gasteiger partial charge on any atom is -0.377 e. The summed E-state index contributed by atoms with van der Waals surface area (Å²) in [5.74, 6) is -0.411. The van der Waals surface area contributed by atoms with Crippen LogP contribution < -0.4 is 16.0 Å².